The molecule has 2 aliphatic rings. The van der Waals surface area contributed by atoms with Crippen LogP contribution in [0.2, 0.25) is 0 Å². The molecule has 0 saturated carbocycles. The lowest BCUT2D eigenvalue weighted by Crippen LogP contribution is -2.45. The van der Waals surface area contributed by atoms with Gasteiger partial charge < -0.3 is 15.0 Å². The van der Waals surface area contributed by atoms with Crippen molar-refractivity contribution in [1.82, 2.24) is 10.2 Å². The number of hydrogen-bond acceptors (Lipinski definition) is 4. The fraction of sp³-hybridized carbons (Fsp3) is 0.550. The van der Waals surface area contributed by atoms with Crippen LogP contribution in [0.1, 0.15) is 39.2 Å². The number of nitrogens with one attached hydrogen (secondary N) is 2. The van der Waals surface area contributed by atoms with Gasteiger partial charge in [-0.25, -0.2) is 4.79 Å². The third-order valence-corrected chi connectivity index (χ3v) is 4.63. The number of para-hydroxylation sites is 1. The van der Waals surface area contributed by atoms with Crippen LogP contribution in [0.5, 0.6) is 0 Å². The van der Waals surface area contributed by atoms with E-state index in [0.717, 1.165) is 32.5 Å². The molecule has 2 aliphatic heterocycles. The zero-order valence-corrected chi connectivity index (χ0v) is 15.4. The van der Waals surface area contributed by atoms with Crippen molar-refractivity contribution in [3.63, 3.8) is 0 Å². The monoisotopic (exact) mass is 343 g/mol. The van der Waals surface area contributed by atoms with Gasteiger partial charge in [-0.15, -0.1) is 0 Å². The molecule has 1 aromatic rings. The third kappa shape index (κ3) is 4.98. The van der Waals surface area contributed by atoms with Crippen LogP contribution in [0, 0.1) is 5.92 Å². The molecule has 1 aromatic carbocycles. The van der Waals surface area contributed by atoms with Crippen molar-refractivity contribution >= 4 is 17.9 Å². The molecule has 0 spiro atoms. The van der Waals surface area contributed by atoms with Gasteiger partial charge in [0.25, 0.3) is 0 Å². The first-order valence-corrected chi connectivity index (χ1v) is 9.16. The average molecular weight is 343 g/mol. The van der Waals surface area contributed by atoms with E-state index in [2.05, 4.69) is 47.1 Å². The predicted octanol–water partition coefficient (Wildman–Crippen LogP) is 3.69. The molecule has 0 bridgehead atoms. The molecule has 0 aliphatic carbocycles. The van der Waals surface area contributed by atoms with Crippen LogP contribution in [0.4, 0.5) is 10.5 Å². The Morgan fingerprint density at radius 1 is 1.28 bits per heavy atom. The van der Waals surface area contributed by atoms with Gasteiger partial charge in [0.1, 0.15) is 5.60 Å². The molecular weight excluding hydrogens is 314 g/mol. The smallest absolute Gasteiger partial charge is 0.410 e. The van der Waals surface area contributed by atoms with E-state index >= 15 is 0 Å². The SMILES string of the molecule is CC(C)(C)OC(=O)N1CCC(CNC2C=Cc3ccccc3N2)CC1. The Bertz CT molecular complexity index is 628. The number of carbonyl (C=O) groups is 1. The van der Waals surface area contributed by atoms with Gasteiger partial charge in [-0.1, -0.05) is 24.3 Å². The summed E-state index contributed by atoms with van der Waals surface area (Å²) in [5.41, 5.74) is 1.97. The Morgan fingerprint density at radius 2 is 2.00 bits per heavy atom. The predicted molar refractivity (Wildman–Crippen MR) is 101 cm³/mol. The maximum atomic E-state index is 12.1. The van der Waals surface area contributed by atoms with Crippen molar-refractivity contribution in [1.29, 1.82) is 0 Å². The second-order valence-electron chi connectivity index (χ2n) is 7.89. The van der Waals surface area contributed by atoms with Gasteiger partial charge >= 0.3 is 6.09 Å². The molecule has 136 valence electrons. The Labute approximate surface area is 150 Å². The summed E-state index contributed by atoms with van der Waals surface area (Å²) in [4.78, 5) is 13.9. The molecule has 25 heavy (non-hydrogen) atoms. The molecular formula is C20H29N3O2. The van der Waals surface area contributed by atoms with E-state index in [4.69, 9.17) is 4.74 Å². The summed E-state index contributed by atoms with van der Waals surface area (Å²) in [6.07, 6.45) is 6.33. The van der Waals surface area contributed by atoms with Crippen molar-refractivity contribution < 1.29 is 9.53 Å². The van der Waals surface area contributed by atoms with E-state index in [0.29, 0.717) is 5.92 Å². The Kier molecular flexibility index (Phi) is 5.33. The molecule has 3 rings (SSSR count). The maximum absolute atomic E-state index is 12.1. The number of carbonyl (C=O) groups excluding carboxylic acids is 1. The van der Waals surface area contributed by atoms with Crippen LogP contribution in [-0.2, 0) is 4.74 Å². The first-order chi connectivity index (χ1) is 11.9. The number of anilines is 1. The first kappa shape index (κ1) is 17.8. The highest BCUT2D eigenvalue weighted by atomic mass is 16.6. The second kappa shape index (κ2) is 7.48. The van der Waals surface area contributed by atoms with Gasteiger partial charge in [0.05, 0.1) is 6.17 Å². The van der Waals surface area contributed by atoms with E-state index in [1.807, 2.05) is 25.7 Å². The molecule has 5 heteroatoms. The minimum absolute atomic E-state index is 0.166. The average Bonchev–Trinajstić information content (AvgIpc) is 2.59. The fourth-order valence-electron chi connectivity index (χ4n) is 3.25. The molecule has 1 saturated heterocycles. The molecule has 1 unspecified atom stereocenters. The van der Waals surface area contributed by atoms with Gasteiger partial charge in [0.2, 0.25) is 0 Å². The number of hydrogen-bond donors (Lipinski definition) is 2. The van der Waals surface area contributed by atoms with Crippen molar-refractivity contribution in [2.24, 2.45) is 5.92 Å². The van der Waals surface area contributed by atoms with Crippen molar-refractivity contribution in [3.8, 4) is 0 Å². The van der Waals surface area contributed by atoms with Crippen molar-refractivity contribution in [2.45, 2.75) is 45.4 Å². The van der Waals surface area contributed by atoms with Crippen LogP contribution >= 0.6 is 0 Å². The normalized spacial score (nSPS) is 20.8. The summed E-state index contributed by atoms with van der Waals surface area (Å²) < 4.78 is 5.45. The number of ether oxygens (including phenoxy) is 1. The Hall–Kier alpha value is -2.01. The van der Waals surface area contributed by atoms with Crippen LogP contribution in [0.15, 0.2) is 30.3 Å². The maximum Gasteiger partial charge on any atom is 0.410 e. The molecule has 2 heterocycles. The molecule has 2 N–H and O–H groups in total. The van der Waals surface area contributed by atoms with Gasteiger partial charge in [-0.3, -0.25) is 5.32 Å². The molecule has 1 amide bonds. The molecule has 0 aromatic heterocycles. The van der Waals surface area contributed by atoms with E-state index in [1.165, 1.54) is 11.3 Å². The van der Waals surface area contributed by atoms with Crippen LogP contribution < -0.4 is 10.6 Å². The lowest BCUT2D eigenvalue weighted by atomic mass is 9.97. The van der Waals surface area contributed by atoms with Crippen molar-refractivity contribution in [2.75, 3.05) is 25.0 Å². The van der Waals surface area contributed by atoms with Crippen LogP contribution in [-0.4, -0.2) is 42.4 Å². The van der Waals surface area contributed by atoms with Gasteiger partial charge in [-0.2, -0.15) is 0 Å². The zero-order chi connectivity index (χ0) is 17.9. The summed E-state index contributed by atoms with van der Waals surface area (Å²) in [5.74, 6) is 0.589. The van der Waals surface area contributed by atoms with Gasteiger partial charge in [0.15, 0.2) is 0 Å². The standard InChI is InChI=1S/C20H29N3O2/c1-20(2,3)25-19(24)23-12-10-15(11-13-23)14-21-18-9-8-16-6-4-5-7-17(16)22-18/h4-9,15,18,21-22H,10-14H2,1-3H3. The highest BCUT2D eigenvalue weighted by Gasteiger charge is 2.27. The van der Waals surface area contributed by atoms with Gasteiger partial charge in [0, 0.05) is 25.3 Å². The topological polar surface area (TPSA) is 53.6 Å². The highest BCUT2D eigenvalue weighted by molar-refractivity contribution is 5.70. The minimum atomic E-state index is -0.426. The summed E-state index contributed by atoms with van der Waals surface area (Å²) >= 11 is 0. The van der Waals surface area contributed by atoms with Crippen LogP contribution in [0.3, 0.4) is 0 Å². The second-order valence-corrected chi connectivity index (χ2v) is 7.89. The number of fused-ring (bicyclic) bond motifs is 1. The van der Waals surface area contributed by atoms with Crippen molar-refractivity contribution in [3.05, 3.63) is 35.9 Å². The number of rotatable bonds is 3. The number of amides is 1. The number of piperidine rings is 1. The summed E-state index contributed by atoms with van der Waals surface area (Å²) in [6.45, 7) is 8.22. The largest absolute Gasteiger partial charge is 0.444 e. The first-order valence-electron chi connectivity index (χ1n) is 9.16. The van der Waals surface area contributed by atoms with Gasteiger partial charge in [-0.05, 0) is 57.2 Å². The molecule has 0 radical (unpaired) electrons. The molecule has 1 atom stereocenters. The third-order valence-electron chi connectivity index (χ3n) is 4.63. The number of likely N-dealkylation sites (tertiary alicyclic amines) is 1. The number of benzene rings is 1. The lowest BCUT2D eigenvalue weighted by molar-refractivity contribution is 0.0184. The quantitative estimate of drug-likeness (QED) is 0.879. The zero-order valence-electron chi connectivity index (χ0n) is 15.4. The van der Waals surface area contributed by atoms with Crippen LogP contribution in [0.25, 0.3) is 6.08 Å². The highest BCUT2D eigenvalue weighted by Crippen LogP contribution is 2.23. The number of nitrogens with zero attached hydrogens (tertiary/aromatic N) is 1. The lowest BCUT2D eigenvalue weighted by Gasteiger charge is -2.34. The summed E-state index contributed by atoms with van der Waals surface area (Å²) in [5, 5.41) is 7.09. The summed E-state index contributed by atoms with van der Waals surface area (Å²) in [7, 11) is 0. The Balaban J connectivity index is 1.41. The fourth-order valence-corrected chi connectivity index (χ4v) is 3.25. The van der Waals surface area contributed by atoms with E-state index < -0.39 is 5.60 Å². The van der Waals surface area contributed by atoms with E-state index in [9.17, 15) is 4.79 Å². The van der Waals surface area contributed by atoms with E-state index in [-0.39, 0.29) is 12.3 Å². The summed E-state index contributed by atoms with van der Waals surface area (Å²) in [6, 6.07) is 8.32. The minimum Gasteiger partial charge on any atom is -0.444 e. The Morgan fingerprint density at radius 3 is 2.72 bits per heavy atom. The molecule has 5 nitrogen and oxygen atoms in total. The van der Waals surface area contributed by atoms with E-state index in [1.54, 1.807) is 0 Å². The molecule has 1 fully saturated rings.